The minimum atomic E-state index is -0.0956. The van der Waals surface area contributed by atoms with E-state index in [1.807, 2.05) is 17.7 Å². The molecule has 0 atom stereocenters. The van der Waals surface area contributed by atoms with Crippen LogP contribution in [0, 0.1) is 6.92 Å². The number of aromatic nitrogens is 3. The van der Waals surface area contributed by atoms with Crippen LogP contribution in [0.5, 0.6) is 0 Å². The zero-order valence-electron chi connectivity index (χ0n) is 9.93. The van der Waals surface area contributed by atoms with Crippen molar-refractivity contribution in [2.75, 3.05) is 5.32 Å². The molecule has 0 fully saturated rings. The van der Waals surface area contributed by atoms with Crippen molar-refractivity contribution < 1.29 is 4.79 Å². The Morgan fingerprint density at radius 3 is 3.00 bits per heavy atom. The first-order valence-corrected chi connectivity index (χ1v) is 5.91. The van der Waals surface area contributed by atoms with Crippen LogP contribution in [0.4, 0.5) is 5.69 Å². The molecule has 2 aromatic heterocycles. The summed E-state index contributed by atoms with van der Waals surface area (Å²) in [7, 11) is 0. The second kappa shape index (κ2) is 5.64. The number of hydrogen-bond acceptors (Lipinski definition) is 3. The van der Waals surface area contributed by atoms with Gasteiger partial charge < -0.3 is 9.88 Å². The highest BCUT2D eigenvalue weighted by molar-refractivity contribution is 6.32. The maximum atomic E-state index is 11.8. The number of carbonyl (C=O) groups is 1. The Morgan fingerprint density at radius 1 is 1.50 bits per heavy atom. The molecule has 2 aromatic rings. The first kappa shape index (κ1) is 12.6. The van der Waals surface area contributed by atoms with Gasteiger partial charge in [0, 0.05) is 31.6 Å². The van der Waals surface area contributed by atoms with Gasteiger partial charge in [-0.15, -0.1) is 0 Å². The third-order valence-corrected chi connectivity index (χ3v) is 2.82. The highest BCUT2D eigenvalue weighted by Gasteiger charge is 2.09. The Bertz CT molecular complexity index is 519. The molecule has 6 heteroatoms. The molecule has 0 aliphatic heterocycles. The Kier molecular flexibility index (Phi) is 3.94. The number of rotatable bonds is 4. The normalized spacial score (nSPS) is 10.3. The van der Waals surface area contributed by atoms with E-state index in [4.69, 9.17) is 11.6 Å². The molecule has 0 unspecified atom stereocenters. The summed E-state index contributed by atoms with van der Waals surface area (Å²) < 4.78 is 1.84. The van der Waals surface area contributed by atoms with Crippen LogP contribution in [0.2, 0.25) is 5.15 Å². The third-order valence-electron chi connectivity index (χ3n) is 2.53. The molecule has 2 heterocycles. The average Bonchev–Trinajstić information content (AvgIpc) is 2.84. The number of anilines is 1. The average molecular weight is 265 g/mol. The maximum Gasteiger partial charge on any atom is 0.226 e. The predicted molar refractivity (Wildman–Crippen MR) is 69.5 cm³/mol. The van der Waals surface area contributed by atoms with Gasteiger partial charge in [0.25, 0.3) is 0 Å². The number of amides is 1. The van der Waals surface area contributed by atoms with Crippen LogP contribution in [0.15, 0.2) is 31.0 Å². The summed E-state index contributed by atoms with van der Waals surface area (Å²) in [6.45, 7) is 2.46. The van der Waals surface area contributed by atoms with E-state index in [2.05, 4.69) is 15.3 Å². The summed E-state index contributed by atoms with van der Waals surface area (Å²) in [5.41, 5.74) is 1.47. The fourth-order valence-electron chi connectivity index (χ4n) is 1.53. The van der Waals surface area contributed by atoms with E-state index in [1.165, 1.54) is 0 Å². The summed E-state index contributed by atoms with van der Waals surface area (Å²) in [5.74, 6) is -0.0956. The second-order valence-electron chi connectivity index (χ2n) is 3.89. The zero-order chi connectivity index (χ0) is 13.0. The molecular weight excluding hydrogens is 252 g/mol. The van der Waals surface area contributed by atoms with Crippen LogP contribution in [-0.4, -0.2) is 20.4 Å². The summed E-state index contributed by atoms with van der Waals surface area (Å²) in [6.07, 6.45) is 7.14. The van der Waals surface area contributed by atoms with Gasteiger partial charge in [0.1, 0.15) is 0 Å². The standard InChI is InChI=1S/C12H13ClN4O/c1-9-2-4-15-12(13)11(9)16-10(18)3-6-17-7-5-14-8-17/h2,4-5,7-8H,3,6H2,1H3,(H,16,18). The van der Waals surface area contributed by atoms with Gasteiger partial charge in [-0.1, -0.05) is 11.6 Å². The summed E-state index contributed by atoms with van der Waals surface area (Å²) >= 11 is 5.93. The number of imidazole rings is 1. The van der Waals surface area contributed by atoms with Gasteiger partial charge in [-0.25, -0.2) is 9.97 Å². The van der Waals surface area contributed by atoms with Crippen molar-refractivity contribution in [3.8, 4) is 0 Å². The zero-order valence-corrected chi connectivity index (χ0v) is 10.7. The van der Waals surface area contributed by atoms with Crippen LogP contribution in [-0.2, 0) is 11.3 Å². The van der Waals surface area contributed by atoms with Gasteiger partial charge in [0.05, 0.1) is 12.0 Å². The highest BCUT2D eigenvalue weighted by atomic mass is 35.5. The van der Waals surface area contributed by atoms with Gasteiger partial charge in [0.15, 0.2) is 5.15 Å². The lowest BCUT2D eigenvalue weighted by atomic mass is 10.2. The van der Waals surface area contributed by atoms with Crippen LogP contribution in [0.25, 0.3) is 0 Å². The number of nitrogens with zero attached hydrogens (tertiary/aromatic N) is 3. The lowest BCUT2D eigenvalue weighted by Gasteiger charge is -2.09. The van der Waals surface area contributed by atoms with Crippen LogP contribution in [0.3, 0.4) is 0 Å². The first-order valence-electron chi connectivity index (χ1n) is 5.53. The Labute approximate surface area is 110 Å². The molecule has 5 nitrogen and oxygen atoms in total. The predicted octanol–water partition coefficient (Wildman–Crippen LogP) is 2.27. The van der Waals surface area contributed by atoms with Crippen molar-refractivity contribution in [2.24, 2.45) is 0 Å². The molecule has 1 amide bonds. The maximum absolute atomic E-state index is 11.8. The second-order valence-corrected chi connectivity index (χ2v) is 4.25. The number of pyridine rings is 1. The van der Waals surface area contributed by atoms with Gasteiger partial charge >= 0.3 is 0 Å². The minimum absolute atomic E-state index is 0.0956. The van der Waals surface area contributed by atoms with E-state index in [0.717, 1.165) is 5.56 Å². The quantitative estimate of drug-likeness (QED) is 0.862. The molecule has 2 rings (SSSR count). The molecule has 18 heavy (non-hydrogen) atoms. The molecule has 0 bridgehead atoms. The SMILES string of the molecule is Cc1ccnc(Cl)c1NC(=O)CCn1ccnc1. The van der Waals surface area contributed by atoms with Gasteiger partial charge in [-0.2, -0.15) is 0 Å². The van der Waals surface area contributed by atoms with E-state index in [1.54, 1.807) is 24.8 Å². The molecule has 0 saturated heterocycles. The molecule has 1 N–H and O–H groups in total. The van der Waals surface area contributed by atoms with Crippen LogP contribution >= 0.6 is 11.6 Å². The number of hydrogen-bond donors (Lipinski definition) is 1. The van der Waals surface area contributed by atoms with Crippen LogP contribution in [0.1, 0.15) is 12.0 Å². The lowest BCUT2D eigenvalue weighted by molar-refractivity contribution is -0.116. The molecule has 0 aliphatic carbocycles. The van der Waals surface area contributed by atoms with E-state index in [0.29, 0.717) is 23.8 Å². The van der Waals surface area contributed by atoms with Gasteiger partial charge in [-0.3, -0.25) is 4.79 Å². The van der Waals surface area contributed by atoms with Crippen LogP contribution < -0.4 is 5.32 Å². The Hall–Kier alpha value is -1.88. The van der Waals surface area contributed by atoms with Gasteiger partial charge in [-0.05, 0) is 18.6 Å². The minimum Gasteiger partial charge on any atom is -0.337 e. The molecule has 0 aliphatic rings. The first-order chi connectivity index (χ1) is 8.66. The van der Waals surface area contributed by atoms with Crippen molar-refractivity contribution in [1.29, 1.82) is 0 Å². The number of halogens is 1. The fraction of sp³-hybridized carbons (Fsp3) is 0.250. The molecular formula is C12H13ClN4O. The monoisotopic (exact) mass is 264 g/mol. The molecule has 0 aromatic carbocycles. The number of nitrogens with one attached hydrogen (secondary N) is 1. The van der Waals surface area contributed by atoms with E-state index >= 15 is 0 Å². The Balaban J connectivity index is 1.95. The molecule has 94 valence electrons. The van der Waals surface area contributed by atoms with Crippen molar-refractivity contribution in [3.63, 3.8) is 0 Å². The number of aryl methyl sites for hydroxylation is 2. The smallest absolute Gasteiger partial charge is 0.226 e. The lowest BCUT2D eigenvalue weighted by Crippen LogP contribution is -2.15. The van der Waals surface area contributed by atoms with Crippen molar-refractivity contribution >= 4 is 23.2 Å². The third kappa shape index (κ3) is 3.07. The highest BCUT2D eigenvalue weighted by Crippen LogP contribution is 2.22. The van der Waals surface area contributed by atoms with E-state index in [9.17, 15) is 4.79 Å². The van der Waals surface area contributed by atoms with Crippen molar-refractivity contribution in [1.82, 2.24) is 14.5 Å². The largest absolute Gasteiger partial charge is 0.337 e. The Morgan fingerprint density at radius 2 is 2.33 bits per heavy atom. The van der Waals surface area contributed by atoms with Crippen molar-refractivity contribution in [3.05, 3.63) is 41.7 Å². The van der Waals surface area contributed by atoms with Crippen molar-refractivity contribution in [2.45, 2.75) is 19.9 Å². The summed E-state index contributed by atoms with van der Waals surface area (Å²) in [5, 5.41) is 3.08. The summed E-state index contributed by atoms with van der Waals surface area (Å²) in [6, 6.07) is 1.80. The number of carbonyl (C=O) groups excluding carboxylic acids is 1. The topological polar surface area (TPSA) is 59.8 Å². The molecule has 0 spiro atoms. The summed E-state index contributed by atoms with van der Waals surface area (Å²) in [4.78, 5) is 19.6. The fourth-order valence-corrected chi connectivity index (χ4v) is 1.78. The van der Waals surface area contributed by atoms with E-state index < -0.39 is 0 Å². The molecule has 0 saturated carbocycles. The van der Waals surface area contributed by atoms with E-state index in [-0.39, 0.29) is 5.91 Å². The molecule has 0 radical (unpaired) electrons. The van der Waals surface area contributed by atoms with Gasteiger partial charge in [0.2, 0.25) is 5.91 Å².